The summed E-state index contributed by atoms with van der Waals surface area (Å²) in [5.74, 6) is -1.59. The summed E-state index contributed by atoms with van der Waals surface area (Å²) in [4.78, 5) is 71.1. The second-order valence-electron chi connectivity index (χ2n) is 16.1. The van der Waals surface area contributed by atoms with Gasteiger partial charge in [0.05, 0.1) is 26.4 Å². The number of Topliss-reactive ketones (excluding diaryl/α,β-unsaturated/α-hetero) is 3. The number of carbonyl (C=O) groups is 6. The van der Waals surface area contributed by atoms with Gasteiger partial charge in [-0.1, -0.05) is 77.0 Å². The number of rotatable bonds is 42. The lowest BCUT2D eigenvalue weighted by atomic mass is 10.0. The Kier molecular flexibility index (Phi) is 35.7. The van der Waals surface area contributed by atoms with E-state index in [4.69, 9.17) is 28.8 Å². The van der Waals surface area contributed by atoms with E-state index in [0.717, 1.165) is 38.5 Å². The second-order valence-corrected chi connectivity index (χ2v) is 16.1. The van der Waals surface area contributed by atoms with Crippen molar-refractivity contribution in [3.8, 4) is 0 Å². The molecule has 0 aromatic heterocycles. The van der Waals surface area contributed by atoms with Crippen LogP contribution in [-0.4, -0.2) is 105 Å². The van der Waals surface area contributed by atoms with E-state index in [1.54, 1.807) is 27.7 Å². The average Bonchev–Trinajstić information content (AvgIpc) is 3.13. The summed E-state index contributed by atoms with van der Waals surface area (Å²) < 4.78 is 26.9. The maximum atomic E-state index is 12.9. The fourth-order valence-electron chi connectivity index (χ4n) is 6.02. The first-order chi connectivity index (χ1) is 27.3. The minimum atomic E-state index is -1.10. The van der Waals surface area contributed by atoms with Crippen molar-refractivity contribution in [2.24, 2.45) is 0 Å². The van der Waals surface area contributed by atoms with Crippen LogP contribution in [0.15, 0.2) is 0 Å². The molecule has 57 heavy (non-hydrogen) atoms. The molecule has 0 saturated carbocycles. The van der Waals surface area contributed by atoms with Gasteiger partial charge in [-0.05, 0) is 72.6 Å². The van der Waals surface area contributed by atoms with Crippen molar-refractivity contribution >= 4 is 35.2 Å². The lowest BCUT2D eigenvalue weighted by Gasteiger charge is -2.24. The molecule has 0 rings (SSSR count). The number of nitrogens with one attached hydrogen (secondary N) is 1. The van der Waals surface area contributed by atoms with Gasteiger partial charge in [-0.3, -0.25) is 14.4 Å². The first-order valence-electron chi connectivity index (χ1n) is 21.9. The maximum Gasteiger partial charge on any atom is 0.329 e. The number of aliphatic carboxylic acids is 1. The maximum absolute atomic E-state index is 12.9. The summed E-state index contributed by atoms with van der Waals surface area (Å²) in [5, 5.41) is 11.3. The molecule has 1 amide bonds. The molecule has 2 N–H and O–H groups in total. The van der Waals surface area contributed by atoms with E-state index in [-0.39, 0.29) is 36.9 Å². The SMILES string of the molecule is CC(=O)CCCCCCCCCCCCCCCCC(=O)NC(CCC(=O)CCCCOCCOCCOCCCCC(=O)COCC(=O)O)C(=O)OC(C)(C)C. The van der Waals surface area contributed by atoms with Crippen LogP contribution in [0.4, 0.5) is 0 Å². The zero-order valence-electron chi connectivity index (χ0n) is 36.1. The van der Waals surface area contributed by atoms with E-state index in [0.29, 0.717) is 83.9 Å². The molecular weight excluding hydrogens is 734 g/mol. The van der Waals surface area contributed by atoms with Crippen LogP contribution in [0.1, 0.15) is 182 Å². The Morgan fingerprint density at radius 1 is 0.491 bits per heavy atom. The van der Waals surface area contributed by atoms with Crippen molar-refractivity contribution in [1.82, 2.24) is 5.32 Å². The van der Waals surface area contributed by atoms with E-state index in [1.165, 1.54) is 64.2 Å². The predicted octanol–water partition coefficient (Wildman–Crippen LogP) is 8.05. The van der Waals surface area contributed by atoms with Gasteiger partial charge in [0.15, 0.2) is 5.78 Å². The number of carboxylic acids is 1. The van der Waals surface area contributed by atoms with Crippen LogP contribution in [0.3, 0.4) is 0 Å². The topological polar surface area (TPSA) is 181 Å². The van der Waals surface area contributed by atoms with E-state index in [2.05, 4.69) is 5.32 Å². The Morgan fingerprint density at radius 3 is 1.37 bits per heavy atom. The normalized spacial score (nSPS) is 12.0. The van der Waals surface area contributed by atoms with Crippen molar-refractivity contribution < 1.29 is 57.6 Å². The molecule has 0 aliphatic rings. The van der Waals surface area contributed by atoms with Crippen LogP contribution in [-0.2, 0) is 52.5 Å². The van der Waals surface area contributed by atoms with Gasteiger partial charge in [-0.25, -0.2) is 9.59 Å². The third kappa shape index (κ3) is 41.2. The fourth-order valence-corrected chi connectivity index (χ4v) is 6.02. The molecule has 332 valence electrons. The second kappa shape index (κ2) is 37.5. The molecule has 0 fully saturated rings. The highest BCUT2D eigenvalue weighted by Crippen LogP contribution is 2.15. The molecule has 13 nitrogen and oxygen atoms in total. The molecule has 0 spiro atoms. The predicted molar refractivity (Wildman–Crippen MR) is 220 cm³/mol. The van der Waals surface area contributed by atoms with Crippen LogP contribution in [0.5, 0.6) is 0 Å². The van der Waals surface area contributed by atoms with Gasteiger partial charge in [-0.2, -0.15) is 0 Å². The number of esters is 1. The Bertz CT molecular complexity index is 1070. The summed E-state index contributed by atoms with van der Waals surface area (Å²) in [6.07, 6.45) is 21.3. The molecule has 0 bridgehead atoms. The van der Waals surface area contributed by atoms with E-state index in [1.807, 2.05) is 0 Å². The minimum absolute atomic E-state index is 0.0370. The average molecular weight is 814 g/mol. The van der Waals surface area contributed by atoms with Crippen LogP contribution in [0.2, 0.25) is 0 Å². The number of amides is 1. The van der Waals surface area contributed by atoms with Gasteiger partial charge in [-0.15, -0.1) is 0 Å². The summed E-state index contributed by atoms with van der Waals surface area (Å²) in [5.41, 5.74) is -0.700. The lowest BCUT2D eigenvalue weighted by molar-refractivity contribution is -0.159. The number of unbranched alkanes of at least 4 members (excludes halogenated alkanes) is 15. The van der Waals surface area contributed by atoms with Crippen molar-refractivity contribution in [3.63, 3.8) is 0 Å². The third-order valence-corrected chi connectivity index (χ3v) is 9.14. The number of ether oxygens (including phenoxy) is 5. The van der Waals surface area contributed by atoms with Crippen LogP contribution >= 0.6 is 0 Å². The smallest absolute Gasteiger partial charge is 0.329 e. The molecule has 13 heteroatoms. The van der Waals surface area contributed by atoms with E-state index < -0.39 is 30.2 Å². The van der Waals surface area contributed by atoms with Gasteiger partial charge in [0.1, 0.15) is 36.4 Å². The van der Waals surface area contributed by atoms with Crippen LogP contribution < -0.4 is 5.32 Å². The molecule has 1 unspecified atom stereocenters. The Labute approximate surface area is 343 Å². The highest BCUT2D eigenvalue weighted by molar-refractivity contribution is 5.85. The molecule has 0 saturated heterocycles. The number of hydrogen-bond donors (Lipinski definition) is 2. The third-order valence-electron chi connectivity index (χ3n) is 9.14. The fraction of sp³-hybridized carbons (Fsp3) is 0.864. The molecule has 0 aromatic rings. The number of carboxylic acid groups (broad SMARTS) is 1. The Morgan fingerprint density at radius 2 is 0.912 bits per heavy atom. The standard InChI is InChI=1S/C44H79NO12/c1-37(46)23-17-15-13-11-9-7-5-6-8-10-12-14-16-18-26-41(49)45-40(43(52)57-44(2,3)4)28-27-38(47)24-19-21-29-53-31-33-55-34-32-54-30-22-20-25-39(48)35-56-36-42(50)51/h40H,5-36H2,1-4H3,(H,45,49)(H,50,51). The molecule has 0 heterocycles. The van der Waals surface area contributed by atoms with Gasteiger partial charge in [0.25, 0.3) is 0 Å². The summed E-state index contributed by atoms with van der Waals surface area (Å²) >= 11 is 0. The molecule has 0 aliphatic heterocycles. The summed E-state index contributed by atoms with van der Waals surface area (Å²) in [7, 11) is 0. The zero-order valence-corrected chi connectivity index (χ0v) is 36.1. The van der Waals surface area contributed by atoms with Crippen molar-refractivity contribution in [2.45, 2.75) is 193 Å². The molecule has 0 aromatic carbocycles. The Hall–Kier alpha value is -2.74. The van der Waals surface area contributed by atoms with Crippen molar-refractivity contribution in [2.75, 3.05) is 52.9 Å². The number of hydrogen-bond acceptors (Lipinski definition) is 11. The minimum Gasteiger partial charge on any atom is -0.480 e. The first kappa shape index (κ1) is 54.3. The number of carbonyl (C=O) groups excluding carboxylic acids is 5. The van der Waals surface area contributed by atoms with Crippen molar-refractivity contribution in [3.05, 3.63) is 0 Å². The van der Waals surface area contributed by atoms with Gasteiger partial charge < -0.3 is 38.9 Å². The van der Waals surface area contributed by atoms with Crippen molar-refractivity contribution in [1.29, 1.82) is 0 Å². The van der Waals surface area contributed by atoms with Crippen LogP contribution in [0, 0.1) is 0 Å². The highest BCUT2D eigenvalue weighted by Gasteiger charge is 2.27. The molecular formula is C44H79NO12. The van der Waals surface area contributed by atoms with Gasteiger partial charge in [0.2, 0.25) is 5.91 Å². The Balaban J connectivity index is 3.94. The molecule has 0 aliphatic carbocycles. The summed E-state index contributed by atoms with van der Waals surface area (Å²) in [6, 6.07) is -0.851. The first-order valence-corrected chi connectivity index (χ1v) is 21.9. The summed E-state index contributed by atoms with van der Waals surface area (Å²) in [6.45, 7) is 9.10. The molecule has 1 atom stereocenters. The van der Waals surface area contributed by atoms with E-state index >= 15 is 0 Å². The highest BCUT2D eigenvalue weighted by atomic mass is 16.6. The largest absolute Gasteiger partial charge is 0.480 e. The monoisotopic (exact) mass is 814 g/mol. The van der Waals surface area contributed by atoms with Gasteiger partial charge in [0, 0.05) is 45.3 Å². The van der Waals surface area contributed by atoms with E-state index in [9.17, 15) is 28.8 Å². The molecule has 0 radical (unpaired) electrons. The quantitative estimate of drug-likeness (QED) is 0.0448. The van der Waals surface area contributed by atoms with Crippen LogP contribution in [0.25, 0.3) is 0 Å². The lowest BCUT2D eigenvalue weighted by Crippen LogP contribution is -2.44. The number of ketones is 3. The van der Waals surface area contributed by atoms with Gasteiger partial charge >= 0.3 is 11.9 Å². The zero-order chi connectivity index (χ0) is 42.4.